The average molecular weight is 756 g/mol. The molecule has 0 radical (unpaired) electrons. The van der Waals surface area contributed by atoms with Gasteiger partial charge in [0.2, 0.25) is 5.91 Å². The second kappa shape index (κ2) is 17.1. The van der Waals surface area contributed by atoms with Crippen LogP contribution in [-0.4, -0.2) is 96.8 Å². The molecule has 2 amide bonds. The lowest BCUT2D eigenvalue weighted by Crippen LogP contribution is -2.49. The molecular formula is C40H46ClN7O4S. The van der Waals surface area contributed by atoms with E-state index < -0.39 is 6.09 Å². The van der Waals surface area contributed by atoms with Gasteiger partial charge < -0.3 is 29.5 Å². The third-order valence-corrected chi connectivity index (χ3v) is 11.2. The van der Waals surface area contributed by atoms with Crippen LogP contribution < -0.4 is 19.9 Å². The van der Waals surface area contributed by atoms with Crippen molar-refractivity contribution >= 4 is 58.5 Å². The maximum atomic E-state index is 12.3. The standard InChI is InChI=1S/C40H46ClN7O4S/c1-2-36(49)46-21-23-47(24-22-46)38-31-16-20-48(34-14-6-11-28-10-5-13-32(41)37(28)34)25-33(31)43-39(44-38)51-27-30-12-7-18-45(30)19-8-17-42-40(50)52-26-29-9-3-4-15-35(29)53/h2-6,9-11,13-15,30,53H,1,7-8,12,16-27H2,(H,42,50). The molecule has 0 aliphatic carbocycles. The Kier molecular flexibility index (Phi) is 11.9. The van der Waals surface area contributed by atoms with Crippen LogP contribution in [0.25, 0.3) is 10.8 Å². The number of rotatable bonds is 12. The number of halogens is 1. The first kappa shape index (κ1) is 36.8. The third kappa shape index (κ3) is 8.66. The number of anilines is 2. The zero-order valence-corrected chi connectivity index (χ0v) is 31.5. The number of aromatic nitrogens is 2. The zero-order valence-electron chi connectivity index (χ0n) is 29.9. The first-order valence-electron chi connectivity index (χ1n) is 18.4. The van der Waals surface area contributed by atoms with E-state index in [1.54, 1.807) is 0 Å². The lowest BCUT2D eigenvalue weighted by atomic mass is 10.0. The fraction of sp³-hybridized carbons (Fsp3) is 0.400. The summed E-state index contributed by atoms with van der Waals surface area (Å²) in [6, 6.07) is 20.5. The van der Waals surface area contributed by atoms with Gasteiger partial charge in [-0.1, -0.05) is 60.6 Å². The first-order chi connectivity index (χ1) is 25.9. The topological polar surface area (TPSA) is 103 Å². The predicted octanol–water partition coefficient (Wildman–Crippen LogP) is 6.13. The van der Waals surface area contributed by atoms with Crippen molar-refractivity contribution in [3.05, 3.63) is 95.2 Å². The van der Waals surface area contributed by atoms with Gasteiger partial charge in [0.25, 0.3) is 0 Å². The van der Waals surface area contributed by atoms with E-state index in [1.807, 2.05) is 41.3 Å². The van der Waals surface area contributed by atoms with Crippen LogP contribution >= 0.6 is 24.2 Å². The summed E-state index contributed by atoms with van der Waals surface area (Å²) in [4.78, 5) is 44.3. The quantitative estimate of drug-likeness (QED) is 0.101. The van der Waals surface area contributed by atoms with Gasteiger partial charge in [-0.05, 0) is 61.9 Å². The highest BCUT2D eigenvalue weighted by Gasteiger charge is 2.30. The number of piperazine rings is 1. The van der Waals surface area contributed by atoms with E-state index in [-0.39, 0.29) is 18.6 Å². The summed E-state index contributed by atoms with van der Waals surface area (Å²) in [6.07, 6.45) is 4.62. The molecule has 13 heteroatoms. The molecule has 1 unspecified atom stereocenters. The van der Waals surface area contributed by atoms with E-state index in [9.17, 15) is 9.59 Å². The molecule has 53 heavy (non-hydrogen) atoms. The first-order valence-corrected chi connectivity index (χ1v) is 19.2. The molecule has 1 atom stereocenters. The van der Waals surface area contributed by atoms with Crippen molar-refractivity contribution in [2.45, 2.75) is 49.8 Å². The number of carbonyl (C=O) groups is 2. The van der Waals surface area contributed by atoms with Crippen LogP contribution in [0.4, 0.5) is 16.3 Å². The largest absolute Gasteiger partial charge is 0.462 e. The summed E-state index contributed by atoms with van der Waals surface area (Å²) in [5, 5.41) is 5.75. The smallest absolute Gasteiger partial charge is 0.407 e. The molecule has 0 spiro atoms. The Morgan fingerprint density at radius 1 is 0.981 bits per heavy atom. The number of hydrogen-bond donors (Lipinski definition) is 2. The number of benzene rings is 3. The van der Waals surface area contributed by atoms with Gasteiger partial charge in [0.05, 0.1) is 17.3 Å². The highest BCUT2D eigenvalue weighted by atomic mass is 35.5. The molecule has 2 fully saturated rings. The number of amides is 2. The van der Waals surface area contributed by atoms with Gasteiger partial charge in [0.15, 0.2) is 0 Å². The minimum absolute atomic E-state index is 0.0463. The van der Waals surface area contributed by atoms with Crippen molar-refractivity contribution in [2.24, 2.45) is 0 Å². The SMILES string of the molecule is C=CC(=O)N1CCN(c2nc(OCC3CCCN3CCCNC(=O)OCc3ccccc3S)nc3c2CCN(c2cccc4cccc(Cl)c24)C3)CC1. The molecule has 2 saturated heterocycles. The molecule has 3 aliphatic rings. The van der Waals surface area contributed by atoms with Gasteiger partial charge in [-0.2, -0.15) is 9.97 Å². The Labute approximate surface area is 321 Å². The lowest BCUT2D eigenvalue weighted by Gasteiger charge is -2.38. The Balaban J connectivity index is 1.01. The van der Waals surface area contributed by atoms with Gasteiger partial charge in [-0.25, -0.2) is 4.79 Å². The zero-order chi connectivity index (χ0) is 36.7. The number of alkyl carbamates (subject to hydrolysis) is 1. The van der Waals surface area contributed by atoms with Crippen LogP contribution in [0.3, 0.4) is 0 Å². The van der Waals surface area contributed by atoms with Gasteiger partial charge >= 0.3 is 12.1 Å². The summed E-state index contributed by atoms with van der Waals surface area (Å²) in [5.74, 6) is 0.848. The minimum Gasteiger partial charge on any atom is -0.462 e. The number of fused-ring (bicyclic) bond motifs is 2. The molecule has 4 aromatic rings. The molecule has 3 aromatic carbocycles. The molecule has 7 rings (SSSR count). The van der Waals surface area contributed by atoms with Crippen molar-refractivity contribution in [1.29, 1.82) is 0 Å². The van der Waals surface area contributed by atoms with E-state index in [1.165, 1.54) is 6.08 Å². The van der Waals surface area contributed by atoms with E-state index in [4.69, 9.17) is 31.0 Å². The third-order valence-electron chi connectivity index (χ3n) is 10.4. The summed E-state index contributed by atoms with van der Waals surface area (Å²) in [6.45, 7) is 10.6. The minimum atomic E-state index is -0.431. The number of hydrogen-bond acceptors (Lipinski definition) is 10. The molecular weight excluding hydrogens is 710 g/mol. The molecule has 1 N–H and O–H groups in total. The molecule has 278 valence electrons. The summed E-state index contributed by atoms with van der Waals surface area (Å²) >= 11 is 11.2. The van der Waals surface area contributed by atoms with Gasteiger partial charge in [-0.3, -0.25) is 9.69 Å². The molecule has 0 saturated carbocycles. The number of ether oxygens (including phenoxy) is 2. The second-order valence-corrected chi connectivity index (χ2v) is 14.6. The van der Waals surface area contributed by atoms with E-state index in [2.05, 4.69) is 63.5 Å². The van der Waals surface area contributed by atoms with Crippen LogP contribution in [0, 0.1) is 0 Å². The lowest BCUT2D eigenvalue weighted by molar-refractivity contribution is -0.126. The number of likely N-dealkylation sites (tertiary alicyclic amines) is 1. The van der Waals surface area contributed by atoms with E-state index >= 15 is 0 Å². The highest BCUT2D eigenvalue weighted by Crippen LogP contribution is 2.37. The highest BCUT2D eigenvalue weighted by molar-refractivity contribution is 7.80. The van der Waals surface area contributed by atoms with Crippen LogP contribution in [0.5, 0.6) is 6.01 Å². The molecule has 0 bridgehead atoms. The van der Waals surface area contributed by atoms with Crippen LogP contribution in [0.1, 0.15) is 36.1 Å². The van der Waals surface area contributed by atoms with Crippen molar-refractivity contribution in [3.63, 3.8) is 0 Å². The Morgan fingerprint density at radius 2 is 1.79 bits per heavy atom. The fourth-order valence-electron chi connectivity index (χ4n) is 7.58. The predicted molar refractivity (Wildman–Crippen MR) is 211 cm³/mol. The molecule has 11 nitrogen and oxygen atoms in total. The maximum absolute atomic E-state index is 12.3. The van der Waals surface area contributed by atoms with Gasteiger partial charge in [-0.15, -0.1) is 12.6 Å². The fourth-order valence-corrected chi connectivity index (χ4v) is 8.08. The van der Waals surface area contributed by atoms with Crippen molar-refractivity contribution in [3.8, 4) is 6.01 Å². The summed E-state index contributed by atoms with van der Waals surface area (Å²) in [5.41, 5.74) is 4.04. The Morgan fingerprint density at radius 3 is 2.60 bits per heavy atom. The number of carbonyl (C=O) groups excluding carboxylic acids is 2. The summed E-state index contributed by atoms with van der Waals surface area (Å²) < 4.78 is 11.8. The normalized spacial score (nSPS) is 17.5. The maximum Gasteiger partial charge on any atom is 0.407 e. The van der Waals surface area contributed by atoms with Crippen LogP contribution in [0.2, 0.25) is 5.02 Å². The number of nitrogens with zero attached hydrogens (tertiary/aromatic N) is 6. The van der Waals surface area contributed by atoms with Gasteiger partial charge in [0, 0.05) is 79.0 Å². The average Bonchev–Trinajstić information content (AvgIpc) is 3.64. The van der Waals surface area contributed by atoms with Crippen molar-refractivity contribution in [1.82, 2.24) is 25.1 Å². The Hall–Kier alpha value is -4.52. The van der Waals surface area contributed by atoms with E-state index in [0.717, 1.165) is 94.3 Å². The molecule has 4 heterocycles. The van der Waals surface area contributed by atoms with E-state index in [0.29, 0.717) is 51.9 Å². The number of thiol groups is 1. The Bertz CT molecular complexity index is 1950. The second-order valence-electron chi connectivity index (χ2n) is 13.7. The summed E-state index contributed by atoms with van der Waals surface area (Å²) in [7, 11) is 0. The van der Waals surface area contributed by atoms with Crippen molar-refractivity contribution in [2.75, 3.05) is 68.8 Å². The van der Waals surface area contributed by atoms with Crippen LogP contribution in [-0.2, 0) is 29.1 Å². The van der Waals surface area contributed by atoms with Crippen LogP contribution in [0.15, 0.2) is 78.2 Å². The van der Waals surface area contributed by atoms with Gasteiger partial charge in [0.1, 0.15) is 19.0 Å². The number of nitrogens with one attached hydrogen (secondary N) is 1. The van der Waals surface area contributed by atoms with Crippen molar-refractivity contribution < 1.29 is 19.1 Å². The molecule has 1 aromatic heterocycles. The molecule has 3 aliphatic heterocycles. The monoisotopic (exact) mass is 755 g/mol.